The maximum atomic E-state index is 11.0. The van der Waals surface area contributed by atoms with Gasteiger partial charge in [-0.15, -0.1) is 0 Å². The minimum Gasteiger partial charge on any atom is -0.810 e. The molecule has 1 N–H and O–H groups in total. The second-order valence-electron chi connectivity index (χ2n) is 7.31. The van der Waals surface area contributed by atoms with Gasteiger partial charge in [0.25, 0.3) is 0 Å². The van der Waals surface area contributed by atoms with Crippen LogP contribution in [-0.4, -0.2) is 42.8 Å². The van der Waals surface area contributed by atoms with Crippen LogP contribution in [0.4, 0.5) is 0 Å². The fourth-order valence-corrected chi connectivity index (χ4v) is 2.78. The number of hydrogen-bond donors (Lipinski definition) is 1. The van der Waals surface area contributed by atoms with E-state index in [0.29, 0.717) is 16.7 Å². The summed E-state index contributed by atoms with van der Waals surface area (Å²) in [4.78, 5) is 22.0. The summed E-state index contributed by atoms with van der Waals surface area (Å²) < 4.78 is 11.0. The number of benzene rings is 1. The molecule has 0 bridgehead atoms. The summed E-state index contributed by atoms with van der Waals surface area (Å²) in [6.07, 6.45) is -0.528. The standard InChI is InChI=1S/C15H25O4P.Ca/c1-14(2,3)11-7-10(9-20(17,18)19)8-12(13(11)16)15(4,5)6;/h7-8,16H,9H2,1-6H3,(H2,17,18,19);/q;+2/p-2. The number of phenolic OH excluding ortho intramolecular Hbond substituents is 1. The zero-order chi connectivity index (χ0) is 15.9. The molecule has 0 aromatic heterocycles. The van der Waals surface area contributed by atoms with E-state index in [1.807, 2.05) is 41.5 Å². The van der Waals surface area contributed by atoms with Gasteiger partial charge in [0.2, 0.25) is 0 Å². The van der Waals surface area contributed by atoms with Gasteiger partial charge in [-0.2, -0.15) is 0 Å². The van der Waals surface area contributed by atoms with Gasteiger partial charge in [-0.25, -0.2) is 0 Å². The molecule has 0 aliphatic heterocycles. The van der Waals surface area contributed by atoms with Crippen molar-refractivity contribution in [3.63, 3.8) is 0 Å². The number of aromatic hydroxyl groups is 1. The first-order valence-corrected chi connectivity index (χ1v) is 8.32. The molecule has 0 aliphatic carbocycles. The van der Waals surface area contributed by atoms with E-state index in [0.717, 1.165) is 0 Å². The Hall–Kier alpha value is 0.430. The predicted octanol–water partition coefficient (Wildman–Crippen LogP) is 2.02. The number of rotatable bonds is 2. The van der Waals surface area contributed by atoms with Gasteiger partial charge in [-0.05, 0) is 27.5 Å². The van der Waals surface area contributed by atoms with E-state index in [2.05, 4.69) is 0 Å². The van der Waals surface area contributed by atoms with E-state index < -0.39 is 13.8 Å². The summed E-state index contributed by atoms with van der Waals surface area (Å²) in [7, 11) is -4.63. The van der Waals surface area contributed by atoms with E-state index in [1.165, 1.54) is 0 Å². The number of phenols is 1. The van der Waals surface area contributed by atoms with Crippen LogP contribution in [0.1, 0.15) is 58.2 Å². The molecule has 0 amide bonds. The molecule has 0 aliphatic rings. The van der Waals surface area contributed by atoms with Crippen LogP contribution < -0.4 is 9.79 Å². The molecule has 0 radical (unpaired) electrons. The third-order valence-corrected chi connectivity index (χ3v) is 3.91. The molecule has 4 nitrogen and oxygen atoms in total. The van der Waals surface area contributed by atoms with Crippen LogP contribution in [0.5, 0.6) is 5.75 Å². The second kappa shape index (κ2) is 6.90. The summed E-state index contributed by atoms with van der Waals surface area (Å²) in [6.45, 7) is 11.6. The van der Waals surface area contributed by atoms with E-state index in [-0.39, 0.29) is 54.3 Å². The predicted molar refractivity (Wildman–Crippen MR) is 82.6 cm³/mol. The molecule has 0 spiro atoms. The monoisotopic (exact) mass is 338 g/mol. The van der Waals surface area contributed by atoms with Crippen LogP contribution in [0.3, 0.4) is 0 Å². The Balaban J connectivity index is 0.00000400. The molecule has 0 saturated carbocycles. The topological polar surface area (TPSA) is 83.4 Å². The largest absolute Gasteiger partial charge is 2.00 e. The average molecular weight is 338 g/mol. The van der Waals surface area contributed by atoms with E-state index in [4.69, 9.17) is 0 Å². The van der Waals surface area contributed by atoms with E-state index in [9.17, 15) is 19.5 Å². The Morgan fingerprint density at radius 1 is 1.00 bits per heavy atom. The van der Waals surface area contributed by atoms with Crippen molar-refractivity contribution in [3.8, 4) is 5.75 Å². The molecule has 21 heavy (non-hydrogen) atoms. The zero-order valence-electron chi connectivity index (χ0n) is 13.7. The Morgan fingerprint density at radius 2 is 1.33 bits per heavy atom. The van der Waals surface area contributed by atoms with Crippen LogP contribution >= 0.6 is 7.60 Å². The van der Waals surface area contributed by atoms with Crippen molar-refractivity contribution in [1.29, 1.82) is 0 Å². The van der Waals surface area contributed by atoms with Gasteiger partial charge in [0.15, 0.2) is 0 Å². The zero-order valence-corrected chi connectivity index (χ0v) is 16.8. The van der Waals surface area contributed by atoms with Crippen LogP contribution in [0.2, 0.25) is 0 Å². The molecule has 6 heteroatoms. The van der Waals surface area contributed by atoms with Crippen LogP contribution in [-0.2, 0) is 21.6 Å². The van der Waals surface area contributed by atoms with Crippen molar-refractivity contribution in [2.75, 3.05) is 0 Å². The maximum absolute atomic E-state index is 11.0. The molecule has 0 heterocycles. The Bertz CT molecular complexity index is 515. The van der Waals surface area contributed by atoms with Crippen molar-refractivity contribution in [2.45, 2.75) is 58.5 Å². The minimum absolute atomic E-state index is 0. The van der Waals surface area contributed by atoms with Crippen LogP contribution in [0, 0.1) is 0 Å². The molecule has 1 aromatic rings. The number of hydrogen-bond acceptors (Lipinski definition) is 4. The van der Waals surface area contributed by atoms with Crippen LogP contribution in [0.25, 0.3) is 0 Å². The summed E-state index contributed by atoms with van der Waals surface area (Å²) in [5.74, 6) is 0.181. The Morgan fingerprint density at radius 3 is 1.57 bits per heavy atom. The molecule has 0 atom stereocenters. The molecule has 114 valence electrons. The van der Waals surface area contributed by atoms with Crippen molar-refractivity contribution >= 4 is 45.3 Å². The normalized spacial score (nSPS) is 13.0. The molecule has 0 saturated heterocycles. The van der Waals surface area contributed by atoms with Gasteiger partial charge < -0.3 is 19.5 Å². The SMILES string of the molecule is CC(C)(C)c1cc(CP(=O)([O-])[O-])cc(C(C)(C)C)c1O.[Ca+2]. The van der Waals surface area contributed by atoms with E-state index in [1.54, 1.807) is 12.1 Å². The first-order valence-electron chi connectivity index (χ1n) is 6.60. The Labute approximate surface area is 157 Å². The van der Waals surface area contributed by atoms with Gasteiger partial charge in [0, 0.05) is 6.16 Å². The first kappa shape index (κ1) is 21.4. The molecule has 0 fully saturated rings. The summed E-state index contributed by atoms with van der Waals surface area (Å²) >= 11 is 0. The van der Waals surface area contributed by atoms with Gasteiger partial charge in [-0.3, -0.25) is 0 Å². The third-order valence-electron chi connectivity index (χ3n) is 3.16. The van der Waals surface area contributed by atoms with Crippen LogP contribution in [0.15, 0.2) is 12.1 Å². The average Bonchev–Trinajstić information content (AvgIpc) is 2.14. The summed E-state index contributed by atoms with van der Waals surface area (Å²) in [5, 5.41) is 10.5. The van der Waals surface area contributed by atoms with Gasteiger partial charge >= 0.3 is 37.7 Å². The van der Waals surface area contributed by atoms with Crippen molar-refractivity contribution < 1.29 is 19.5 Å². The quantitative estimate of drug-likeness (QED) is 0.660. The van der Waals surface area contributed by atoms with Crippen molar-refractivity contribution in [3.05, 3.63) is 28.8 Å². The fraction of sp³-hybridized carbons (Fsp3) is 0.600. The minimum atomic E-state index is -4.63. The maximum Gasteiger partial charge on any atom is 2.00 e. The van der Waals surface area contributed by atoms with Gasteiger partial charge in [0.05, 0.1) is 0 Å². The third kappa shape index (κ3) is 6.21. The molecular weight excluding hydrogens is 315 g/mol. The Kier molecular flexibility index (Phi) is 7.04. The molecule has 1 rings (SSSR count). The summed E-state index contributed by atoms with van der Waals surface area (Å²) in [5.41, 5.74) is 1.08. The fourth-order valence-electron chi connectivity index (χ4n) is 2.15. The molecule has 1 aromatic carbocycles. The second-order valence-corrected chi connectivity index (χ2v) is 8.85. The summed E-state index contributed by atoms with van der Waals surface area (Å²) in [6, 6.07) is 3.24. The van der Waals surface area contributed by atoms with E-state index >= 15 is 0 Å². The first-order chi connectivity index (χ1) is 8.72. The molecular formula is C15H23CaO4P. The van der Waals surface area contributed by atoms with Crippen molar-refractivity contribution in [1.82, 2.24) is 0 Å². The smallest absolute Gasteiger partial charge is 0.810 e. The van der Waals surface area contributed by atoms with Crippen molar-refractivity contribution in [2.24, 2.45) is 0 Å². The molecule has 0 unspecified atom stereocenters. The van der Waals surface area contributed by atoms with Gasteiger partial charge in [-0.1, -0.05) is 61.3 Å². The van der Waals surface area contributed by atoms with Gasteiger partial charge in [0.1, 0.15) is 5.75 Å².